The molecule has 3 fully saturated rings. The van der Waals surface area contributed by atoms with Gasteiger partial charge in [0.1, 0.15) is 5.82 Å². The second-order valence-electron chi connectivity index (χ2n) is 6.93. The van der Waals surface area contributed by atoms with Crippen molar-refractivity contribution in [3.05, 3.63) is 34.6 Å². The SMILES string of the molecule is Fc1ccc(CN2CC(C3CC3)NCC2C2CC2)cc1Cl. The molecule has 114 valence electrons. The first-order valence-electron chi connectivity index (χ1n) is 8.12. The molecule has 2 nitrogen and oxygen atoms in total. The Labute approximate surface area is 130 Å². The number of nitrogens with one attached hydrogen (secondary N) is 1. The first kappa shape index (κ1) is 14.0. The van der Waals surface area contributed by atoms with Crippen molar-refractivity contribution >= 4 is 11.6 Å². The van der Waals surface area contributed by atoms with Crippen molar-refractivity contribution < 1.29 is 4.39 Å². The fourth-order valence-electron chi connectivity index (χ4n) is 3.67. The molecule has 4 rings (SSSR count). The van der Waals surface area contributed by atoms with Gasteiger partial charge in [0.25, 0.3) is 0 Å². The van der Waals surface area contributed by atoms with Crippen LogP contribution in [-0.2, 0) is 6.54 Å². The molecule has 1 saturated heterocycles. The summed E-state index contributed by atoms with van der Waals surface area (Å²) in [6.07, 6.45) is 5.48. The molecule has 0 amide bonds. The number of hydrogen-bond donors (Lipinski definition) is 1. The topological polar surface area (TPSA) is 15.3 Å². The van der Waals surface area contributed by atoms with Crippen LogP contribution in [0.4, 0.5) is 4.39 Å². The van der Waals surface area contributed by atoms with Crippen molar-refractivity contribution in [3.63, 3.8) is 0 Å². The van der Waals surface area contributed by atoms with Crippen LogP contribution >= 0.6 is 11.6 Å². The Balaban J connectivity index is 1.49. The number of hydrogen-bond acceptors (Lipinski definition) is 2. The summed E-state index contributed by atoms with van der Waals surface area (Å²) in [6, 6.07) is 6.44. The van der Waals surface area contributed by atoms with E-state index in [0.717, 1.165) is 37.0 Å². The highest BCUT2D eigenvalue weighted by Crippen LogP contribution is 2.40. The highest BCUT2D eigenvalue weighted by Gasteiger charge is 2.42. The lowest BCUT2D eigenvalue weighted by Crippen LogP contribution is -2.57. The van der Waals surface area contributed by atoms with Gasteiger partial charge in [0.15, 0.2) is 0 Å². The molecule has 21 heavy (non-hydrogen) atoms. The van der Waals surface area contributed by atoms with E-state index in [9.17, 15) is 4.39 Å². The van der Waals surface area contributed by atoms with Gasteiger partial charge in [0.2, 0.25) is 0 Å². The van der Waals surface area contributed by atoms with Crippen molar-refractivity contribution in [2.24, 2.45) is 11.8 Å². The maximum Gasteiger partial charge on any atom is 0.141 e. The molecule has 1 heterocycles. The van der Waals surface area contributed by atoms with Crippen LogP contribution in [0.3, 0.4) is 0 Å². The van der Waals surface area contributed by atoms with Crippen molar-refractivity contribution in [2.75, 3.05) is 13.1 Å². The number of benzene rings is 1. The zero-order chi connectivity index (χ0) is 14.4. The second kappa shape index (κ2) is 5.53. The zero-order valence-corrected chi connectivity index (χ0v) is 13.0. The molecule has 0 radical (unpaired) electrons. The van der Waals surface area contributed by atoms with Gasteiger partial charge >= 0.3 is 0 Å². The molecule has 1 aromatic rings. The van der Waals surface area contributed by atoms with E-state index in [1.807, 2.05) is 6.07 Å². The Kier molecular flexibility index (Phi) is 3.68. The van der Waals surface area contributed by atoms with E-state index in [-0.39, 0.29) is 10.8 Å². The predicted molar refractivity (Wildman–Crippen MR) is 82.8 cm³/mol. The van der Waals surface area contributed by atoms with Gasteiger partial charge < -0.3 is 5.32 Å². The molecule has 3 aliphatic rings. The minimum absolute atomic E-state index is 0.240. The summed E-state index contributed by atoms with van der Waals surface area (Å²) in [5.74, 6) is 1.41. The molecule has 1 aliphatic heterocycles. The van der Waals surface area contributed by atoms with Crippen LogP contribution in [0.25, 0.3) is 0 Å². The molecule has 0 bridgehead atoms. The second-order valence-corrected chi connectivity index (χ2v) is 7.34. The summed E-state index contributed by atoms with van der Waals surface area (Å²) < 4.78 is 13.3. The fourth-order valence-corrected chi connectivity index (χ4v) is 3.87. The Bertz CT molecular complexity index is 528. The molecule has 2 atom stereocenters. The monoisotopic (exact) mass is 308 g/mol. The molecule has 2 aliphatic carbocycles. The van der Waals surface area contributed by atoms with Gasteiger partial charge in [-0.25, -0.2) is 4.39 Å². The molecule has 1 aromatic carbocycles. The van der Waals surface area contributed by atoms with E-state index >= 15 is 0 Å². The number of nitrogens with zero attached hydrogens (tertiary/aromatic N) is 1. The third-order valence-electron chi connectivity index (χ3n) is 5.22. The van der Waals surface area contributed by atoms with Crippen molar-refractivity contribution in [1.82, 2.24) is 10.2 Å². The van der Waals surface area contributed by atoms with Crippen molar-refractivity contribution in [1.29, 1.82) is 0 Å². The lowest BCUT2D eigenvalue weighted by Gasteiger charge is -2.41. The average Bonchev–Trinajstić information content (AvgIpc) is 3.36. The van der Waals surface area contributed by atoms with E-state index in [4.69, 9.17) is 11.6 Å². The van der Waals surface area contributed by atoms with Gasteiger partial charge in [-0.2, -0.15) is 0 Å². The van der Waals surface area contributed by atoms with E-state index in [2.05, 4.69) is 10.2 Å². The van der Waals surface area contributed by atoms with Crippen molar-refractivity contribution in [2.45, 2.75) is 44.3 Å². The Hall–Kier alpha value is -0.640. The molecule has 2 unspecified atom stereocenters. The molecular weight excluding hydrogens is 287 g/mol. The normalized spacial score (nSPS) is 30.6. The highest BCUT2D eigenvalue weighted by atomic mass is 35.5. The standard InChI is InChI=1S/C17H22ClFN2/c18-14-7-11(1-6-15(14)19)9-21-10-16(12-2-3-12)20-8-17(21)13-4-5-13/h1,6-7,12-13,16-17,20H,2-5,8-10H2. The summed E-state index contributed by atoms with van der Waals surface area (Å²) >= 11 is 5.93. The third-order valence-corrected chi connectivity index (χ3v) is 5.51. The van der Waals surface area contributed by atoms with E-state index in [1.165, 1.54) is 31.7 Å². The smallest absolute Gasteiger partial charge is 0.141 e. The summed E-state index contributed by atoms with van der Waals surface area (Å²) in [6.45, 7) is 3.13. The molecule has 0 aromatic heterocycles. The minimum atomic E-state index is -0.324. The maximum absolute atomic E-state index is 13.3. The summed E-state index contributed by atoms with van der Waals surface area (Å²) in [5.41, 5.74) is 1.13. The largest absolute Gasteiger partial charge is 0.311 e. The summed E-state index contributed by atoms with van der Waals surface area (Å²) in [5, 5.41) is 4.00. The van der Waals surface area contributed by atoms with Crippen LogP contribution in [0.5, 0.6) is 0 Å². The Morgan fingerprint density at radius 2 is 1.95 bits per heavy atom. The first-order chi connectivity index (χ1) is 10.2. The molecule has 2 saturated carbocycles. The molecule has 4 heteroatoms. The molecule has 0 spiro atoms. The van der Waals surface area contributed by atoms with Gasteiger partial charge in [-0.1, -0.05) is 17.7 Å². The van der Waals surface area contributed by atoms with Crippen LogP contribution in [0.15, 0.2) is 18.2 Å². The Morgan fingerprint density at radius 1 is 1.19 bits per heavy atom. The predicted octanol–water partition coefficient (Wildman–Crippen LogP) is 3.44. The number of halogens is 2. The fraction of sp³-hybridized carbons (Fsp3) is 0.647. The van der Waals surface area contributed by atoms with E-state index in [0.29, 0.717) is 12.1 Å². The van der Waals surface area contributed by atoms with Crippen molar-refractivity contribution in [3.8, 4) is 0 Å². The Morgan fingerprint density at radius 3 is 2.62 bits per heavy atom. The summed E-state index contributed by atoms with van der Waals surface area (Å²) in [4.78, 5) is 2.61. The molecular formula is C17H22ClFN2. The van der Waals surface area contributed by atoms with Crippen LogP contribution in [0.1, 0.15) is 31.2 Å². The molecule has 1 N–H and O–H groups in total. The van der Waals surface area contributed by atoms with Gasteiger partial charge in [0, 0.05) is 31.7 Å². The van der Waals surface area contributed by atoms with Crippen LogP contribution in [-0.4, -0.2) is 30.1 Å². The van der Waals surface area contributed by atoms with Gasteiger partial charge in [-0.15, -0.1) is 0 Å². The quantitative estimate of drug-likeness (QED) is 0.916. The zero-order valence-electron chi connectivity index (χ0n) is 12.2. The minimum Gasteiger partial charge on any atom is -0.311 e. The lowest BCUT2D eigenvalue weighted by atomic mass is 10.0. The van der Waals surface area contributed by atoms with Gasteiger partial charge in [0.05, 0.1) is 5.02 Å². The van der Waals surface area contributed by atoms with Crippen LogP contribution in [0, 0.1) is 17.7 Å². The highest BCUT2D eigenvalue weighted by molar-refractivity contribution is 6.30. The third kappa shape index (κ3) is 3.10. The number of rotatable bonds is 4. The van der Waals surface area contributed by atoms with E-state index < -0.39 is 0 Å². The average molecular weight is 309 g/mol. The van der Waals surface area contributed by atoms with E-state index in [1.54, 1.807) is 6.07 Å². The number of piperazine rings is 1. The first-order valence-corrected chi connectivity index (χ1v) is 8.50. The summed E-state index contributed by atoms with van der Waals surface area (Å²) in [7, 11) is 0. The lowest BCUT2D eigenvalue weighted by molar-refractivity contribution is 0.100. The van der Waals surface area contributed by atoms with Gasteiger partial charge in [-0.3, -0.25) is 4.90 Å². The van der Waals surface area contributed by atoms with Crippen LogP contribution < -0.4 is 5.32 Å². The van der Waals surface area contributed by atoms with Crippen LogP contribution in [0.2, 0.25) is 5.02 Å². The maximum atomic E-state index is 13.3. The van der Waals surface area contributed by atoms with Gasteiger partial charge in [-0.05, 0) is 55.2 Å².